The van der Waals surface area contributed by atoms with Gasteiger partial charge in [0.2, 0.25) is 0 Å². The molecule has 0 spiro atoms. The predicted molar refractivity (Wildman–Crippen MR) is 41.7 cm³/mol. The van der Waals surface area contributed by atoms with Crippen molar-refractivity contribution in [2.45, 2.75) is 0 Å². The highest BCUT2D eigenvalue weighted by molar-refractivity contribution is 5.71. The highest BCUT2D eigenvalue weighted by atomic mass is 15.5. The average Bonchev–Trinajstić information content (AvgIpc) is 2.62. The lowest BCUT2D eigenvalue weighted by Crippen LogP contribution is -2.28. The van der Waals surface area contributed by atoms with E-state index in [-0.39, 0.29) is 0 Å². The van der Waals surface area contributed by atoms with Crippen LogP contribution in [-0.4, -0.2) is 9.50 Å². The number of fused-ring (bicyclic) bond motifs is 3. The minimum Gasteiger partial charge on any atom is -0.264 e. The molecule has 3 aromatic rings. The fourth-order valence-corrected chi connectivity index (χ4v) is 1.37. The Morgan fingerprint density at radius 3 is 3.50 bits per heavy atom. The van der Waals surface area contributed by atoms with Crippen LogP contribution >= 0.6 is 0 Å². The van der Waals surface area contributed by atoms with Crippen LogP contribution in [0.25, 0.3) is 11.0 Å². The Hall–Kier alpha value is -1.84. The number of hydrogen-bond donors (Lipinski definition) is 0. The van der Waals surface area contributed by atoms with Gasteiger partial charge in [0.1, 0.15) is 0 Å². The van der Waals surface area contributed by atoms with Gasteiger partial charge in [-0.25, -0.2) is 4.52 Å². The second-order valence-electron chi connectivity index (χ2n) is 2.62. The van der Waals surface area contributed by atoms with E-state index in [9.17, 15) is 0 Å². The molecule has 0 aliphatic rings. The van der Waals surface area contributed by atoms with Gasteiger partial charge in [-0.05, 0) is 12.3 Å². The van der Waals surface area contributed by atoms with Gasteiger partial charge in [0, 0.05) is 29.5 Å². The summed E-state index contributed by atoms with van der Waals surface area (Å²) in [6, 6.07) is 3.90. The average molecular weight is 158 g/mol. The first kappa shape index (κ1) is 5.77. The summed E-state index contributed by atoms with van der Waals surface area (Å²) in [6.07, 6.45) is 7.40. The first-order valence-electron chi connectivity index (χ1n) is 3.71. The molecule has 3 aromatic heterocycles. The van der Waals surface area contributed by atoms with Crippen LogP contribution in [0.1, 0.15) is 0 Å². The summed E-state index contributed by atoms with van der Waals surface area (Å²) in [7, 11) is 0. The van der Waals surface area contributed by atoms with Gasteiger partial charge in [-0.2, -0.15) is 5.10 Å². The number of pyridine rings is 1. The zero-order chi connectivity index (χ0) is 7.97. The molecule has 0 aromatic carbocycles. The summed E-state index contributed by atoms with van der Waals surface area (Å²) >= 11 is 0. The maximum absolute atomic E-state index is 4.29. The van der Waals surface area contributed by atoms with E-state index in [0.717, 1.165) is 11.0 Å². The molecule has 0 aliphatic heterocycles. The van der Waals surface area contributed by atoms with Crippen LogP contribution in [0.3, 0.4) is 0 Å². The molecule has 12 heavy (non-hydrogen) atoms. The van der Waals surface area contributed by atoms with Crippen molar-refractivity contribution in [2.75, 3.05) is 0 Å². The molecular formula is C8H6N4. The topological polar surface area (TPSA) is 35.5 Å². The van der Waals surface area contributed by atoms with Gasteiger partial charge in [-0.1, -0.05) is 0 Å². The zero-order valence-corrected chi connectivity index (χ0v) is 6.25. The number of aromatic nitrogens is 4. The molecule has 0 bridgehead atoms. The summed E-state index contributed by atoms with van der Waals surface area (Å²) in [5.41, 5.74) is 1.99. The molecular weight excluding hydrogens is 152 g/mol. The molecule has 0 saturated carbocycles. The van der Waals surface area contributed by atoms with Gasteiger partial charge < -0.3 is 0 Å². The Morgan fingerprint density at radius 1 is 1.50 bits per heavy atom. The minimum atomic E-state index is 0.915. The molecule has 0 radical (unpaired) electrons. The van der Waals surface area contributed by atoms with Crippen molar-refractivity contribution >= 4 is 11.0 Å². The molecule has 0 aliphatic carbocycles. The summed E-state index contributed by atoms with van der Waals surface area (Å²) < 4.78 is 3.75. The molecule has 0 unspecified atom stereocenters. The van der Waals surface area contributed by atoms with Crippen molar-refractivity contribution < 1.29 is 4.63 Å². The Bertz CT molecular complexity index is 533. The molecule has 4 nitrogen and oxygen atoms in total. The molecule has 4 heteroatoms. The molecule has 0 fully saturated rings. The molecule has 3 rings (SSSR count). The summed E-state index contributed by atoms with van der Waals surface area (Å²) in [4.78, 5) is 4.00. The second-order valence-corrected chi connectivity index (χ2v) is 2.62. The lowest BCUT2D eigenvalue weighted by Gasteiger charge is -1.87. The molecule has 0 amide bonds. The van der Waals surface area contributed by atoms with Crippen molar-refractivity contribution in [3.63, 3.8) is 0 Å². The van der Waals surface area contributed by atoms with Crippen molar-refractivity contribution in [2.24, 2.45) is 0 Å². The Kier molecular flexibility index (Phi) is 0.889. The van der Waals surface area contributed by atoms with E-state index in [0.29, 0.717) is 0 Å². The van der Waals surface area contributed by atoms with E-state index in [1.807, 2.05) is 29.0 Å². The van der Waals surface area contributed by atoms with Crippen molar-refractivity contribution in [1.82, 2.24) is 14.6 Å². The van der Waals surface area contributed by atoms with Crippen LogP contribution in [0.5, 0.6) is 0 Å². The van der Waals surface area contributed by atoms with Crippen LogP contribution < -0.4 is 9.73 Å². The lowest BCUT2D eigenvalue weighted by atomic mass is 10.4. The quantitative estimate of drug-likeness (QED) is 0.433. The first-order valence-corrected chi connectivity index (χ1v) is 3.71. The summed E-state index contributed by atoms with van der Waals surface area (Å²) in [6.45, 7) is 0. The van der Waals surface area contributed by atoms with Crippen LogP contribution in [0.2, 0.25) is 0 Å². The highest BCUT2D eigenvalue weighted by Crippen LogP contribution is 2.04. The van der Waals surface area contributed by atoms with E-state index < -0.39 is 0 Å². The number of rotatable bonds is 0. The number of hydrogen-bond acceptors (Lipinski definition) is 1. The predicted octanol–water partition coefficient (Wildman–Crippen LogP) is 0.0302. The normalized spacial score (nSPS) is 11.3. The second kappa shape index (κ2) is 1.85. The summed E-state index contributed by atoms with van der Waals surface area (Å²) in [5, 5.41) is 4.29. The molecule has 58 valence electrons. The maximum atomic E-state index is 4.29. The third kappa shape index (κ3) is 0.567. The van der Waals surface area contributed by atoms with E-state index in [2.05, 4.69) is 10.1 Å². The van der Waals surface area contributed by atoms with Crippen LogP contribution in [-0.2, 0) is 0 Å². The third-order valence-corrected chi connectivity index (χ3v) is 1.90. The van der Waals surface area contributed by atoms with Crippen LogP contribution in [0.4, 0.5) is 0 Å². The van der Waals surface area contributed by atoms with Gasteiger partial charge in [-0.3, -0.25) is 4.98 Å². The first-order chi connectivity index (χ1) is 5.95. The largest absolute Gasteiger partial charge is 0.264 e. The van der Waals surface area contributed by atoms with Crippen molar-refractivity contribution in [3.8, 4) is 0 Å². The standard InChI is InChI=1S/C8H6N4/c1-4-11-8-2-3-9-6-7(8)10-12(11)5-1/h1-6H. The Morgan fingerprint density at radius 2 is 2.50 bits per heavy atom. The number of nitrogens with zero attached hydrogens (tertiary/aromatic N) is 4. The Balaban J connectivity index is 2.68. The van der Waals surface area contributed by atoms with Gasteiger partial charge in [-0.15, -0.1) is 4.63 Å². The smallest absolute Gasteiger partial charge is 0.190 e. The van der Waals surface area contributed by atoms with Crippen molar-refractivity contribution in [3.05, 3.63) is 36.9 Å². The van der Waals surface area contributed by atoms with E-state index in [1.165, 1.54) is 0 Å². The van der Waals surface area contributed by atoms with Gasteiger partial charge >= 0.3 is 0 Å². The van der Waals surface area contributed by atoms with E-state index >= 15 is 0 Å². The highest BCUT2D eigenvalue weighted by Gasteiger charge is 1.98. The summed E-state index contributed by atoms with van der Waals surface area (Å²) in [5.74, 6) is 0. The van der Waals surface area contributed by atoms with Crippen LogP contribution in [0.15, 0.2) is 36.9 Å². The minimum absolute atomic E-state index is 0.915. The van der Waals surface area contributed by atoms with Gasteiger partial charge in [0.25, 0.3) is 0 Å². The third-order valence-electron chi connectivity index (χ3n) is 1.90. The maximum Gasteiger partial charge on any atom is 0.190 e. The molecule has 0 atom stereocenters. The van der Waals surface area contributed by atoms with Gasteiger partial charge in [0.15, 0.2) is 6.20 Å². The fraction of sp³-hybridized carbons (Fsp3) is 0. The van der Waals surface area contributed by atoms with Crippen LogP contribution in [0, 0.1) is 0 Å². The monoisotopic (exact) mass is 158 g/mol. The molecule has 0 saturated heterocycles. The molecule has 3 heterocycles. The SMILES string of the molecule is c1cn2c3ccncc3[n-][n+]2c1. The van der Waals surface area contributed by atoms with E-state index in [1.54, 1.807) is 17.0 Å². The zero-order valence-electron chi connectivity index (χ0n) is 6.25. The van der Waals surface area contributed by atoms with Gasteiger partial charge in [0.05, 0.1) is 0 Å². The fourth-order valence-electron chi connectivity index (χ4n) is 1.37. The van der Waals surface area contributed by atoms with Crippen molar-refractivity contribution in [1.29, 1.82) is 0 Å². The van der Waals surface area contributed by atoms with E-state index in [4.69, 9.17) is 0 Å². The Labute approximate surface area is 68.0 Å². The lowest BCUT2D eigenvalue weighted by molar-refractivity contribution is -0.674. The molecule has 0 N–H and O–H groups in total.